The van der Waals surface area contributed by atoms with Crippen LogP contribution in [0.25, 0.3) is 0 Å². The lowest BCUT2D eigenvalue weighted by Crippen LogP contribution is -2.39. The zero-order chi connectivity index (χ0) is 18.2. The minimum absolute atomic E-state index is 0.0886. The highest BCUT2D eigenvalue weighted by Crippen LogP contribution is 2.18. The summed E-state index contributed by atoms with van der Waals surface area (Å²) in [4.78, 5) is 21.9. The minimum atomic E-state index is -0.0886. The second kappa shape index (κ2) is 9.12. The van der Waals surface area contributed by atoms with Gasteiger partial charge < -0.3 is 20.7 Å². The number of amides is 1. The molecule has 8 heteroatoms. The van der Waals surface area contributed by atoms with Crippen molar-refractivity contribution < 1.29 is 9.53 Å². The van der Waals surface area contributed by atoms with E-state index < -0.39 is 0 Å². The third kappa shape index (κ3) is 5.68. The van der Waals surface area contributed by atoms with E-state index in [-0.39, 0.29) is 5.91 Å². The summed E-state index contributed by atoms with van der Waals surface area (Å²) in [5, 5.41) is 9.30. The van der Waals surface area contributed by atoms with Crippen molar-refractivity contribution in [3.8, 4) is 0 Å². The van der Waals surface area contributed by atoms with E-state index in [0.717, 1.165) is 56.6 Å². The quantitative estimate of drug-likeness (QED) is 0.698. The fraction of sp³-hybridized carbons (Fsp3) is 0.389. The monoisotopic (exact) mass is 356 g/mol. The zero-order valence-electron chi connectivity index (χ0n) is 14.9. The van der Waals surface area contributed by atoms with Gasteiger partial charge in [-0.3, -0.25) is 9.69 Å². The van der Waals surface area contributed by atoms with Crippen molar-refractivity contribution in [1.82, 2.24) is 14.9 Å². The molecule has 1 fully saturated rings. The molecule has 1 aromatic heterocycles. The average molecular weight is 356 g/mol. The van der Waals surface area contributed by atoms with Crippen molar-refractivity contribution in [3.05, 3.63) is 36.7 Å². The second-order valence-electron chi connectivity index (χ2n) is 6.05. The van der Waals surface area contributed by atoms with Gasteiger partial charge in [0.1, 0.15) is 18.0 Å². The van der Waals surface area contributed by atoms with Crippen LogP contribution in [0.3, 0.4) is 0 Å². The van der Waals surface area contributed by atoms with Crippen molar-refractivity contribution in [2.75, 3.05) is 55.3 Å². The van der Waals surface area contributed by atoms with Gasteiger partial charge in [-0.25, -0.2) is 9.97 Å². The van der Waals surface area contributed by atoms with Gasteiger partial charge in [0.05, 0.1) is 13.2 Å². The average Bonchev–Trinajstić information content (AvgIpc) is 2.64. The van der Waals surface area contributed by atoms with Gasteiger partial charge in [0.15, 0.2) is 0 Å². The summed E-state index contributed by atoms with van der Waals surface area (Å²) in [6.07, 6.45) is 1.53. The first-order chi connectivity index (χ1) is 12.7. The third-order valence-electron chi connectivity index (χ3n) is 3.98. The van der Waals surface area contributed by atoms with Gasteiger partial charge in [-0.2, -0.15) is 0 Å². The van der Waals surface area contributed by atoms with Crippen molar-refractivity contribution in [2.24, 2.45) is 0 Å². The summed E-state index contributed by atoms with van der Waals surface area (Å²) in [6.45, 7) is 6.84. The number of carbonyl (C=O) groups excluding carboxylic acids is 1. The van der Waals surface area contributed by atoms with Crippen LogP contribution in [0, 0.1) is 0 Å². The number of hydrogen-bond donors (Lipinski definition) is 3. The molecular weight excluding hydrogens is 332 g/mol. The summed E-state index contributed by atoms with van der Waals surface area (Å²) in [7, 11) is 0. The van der Waals surface area contributed by atoms with Crippen molar-refractivity contribution in [1.29, 1.82) is 0 Å². The van der Waals surface area contributed by atoms with E-state index >= 15 is 0 Å². The zero-order valence-corrected chi connectivity index (χ0v) is 14.9. The molecule has 0 unspecified atom stereocenters. The number of nitrogens with one attached hydrogen (secondary N) is 3. The van der Waals surface area contributed by atoms with Crippen LogP contribution < -0.4 is 16.0 Å². The van der Waals surface area contributed by atoms with Crippen LogP contribution in [0.1, 0.15) is 6.92 Å². The fourth-order valence-corrected chi connectivity index (χ4v) is 2.68. The van der Waals surface area contributed by atoms with Crippen LogP contribution in [0.4, 0.5) is 23.0 Å². The Hall–Kier alpha value is -2.71. The first kappa shape index (κ1) is 18.1. The molecule has 1 aliphatic rings. The normalized spacial score (nSPS) is 14.7. The maximum absolute atomic E-state index is 11.1. The molecule has 0 atom stereocenters. The molecule has 0 spiro atoms. The van der Waals surface area contributed by atoms with Crippen LogP contribution in [0.5, 0.6) is 0 Å². The number of aromatic nitrogens is 2. The number of morpholine rings is 1. The van der Waals surface area contributed by atoms with E-state index in [4.69, 9.17) is 4.74 Å². The molecule has 3 rings (SSSR count). The topological polar surface area (TPSA) is 91.4 Å². The molecule has 8 nitrogen and oxygen atoms in total. The summed E-state index contributed by atoms with van der Waals surface area (Å²) >= 11 is 0. The maximum atomic E-state index is 11.1. The summed E-state index contributed by atoms with van der Waals surface area (Å²) in [5.41, 5.74) is 1.65. The Morgan fingerprint density at radius 2 is 1.81 bits per heavy atom. The maximum Gasteiger partial charge on any atom is 0.221 e. The highest BCUT2D eigenvalue weighted by molar-refractivity contribution is 5.88. The number of nitrogens with zero attached hydrogens (tertiary/aromatic N) is 3. The van der Waals surface area contributed by atoms with Gasteiger partial charge in [0.25, 0.3) is 0 Å². The number of benzene rings is 1. The molecule has 0 bridgehead atoms. The van der Waals surface area contributed by atoms with Gasteiger partial charge in [-0.15, -0.1) is 0 Å². The summed E-state index contributed by atoms with van der Waals surface area (Å²) < 4.78 is 5.35. The van der Waals surface area contributed by atoms with E-state index in [1.54, 1.807) is 0 Å². The van der Waals surface area contributed by atoms with Crippen LogP contribution in [-0.4, -0.2) is 60.2 Å². The van der Waals surface area contributed by atoms with Gasteiger partial charge in [0.2, 0.25) is 5.91 Å². The number of hydrogen-bond acceptors (Lipinski definition) is 7. The molecule has 2 heterocycles. The highest BCUT2D eigenvalue weighted by Gasteiger charge is 2.09. The van der Waals surface area contributed by atoms with Crippen LogP contribution in [-0.2, 0) is 9.53 Å². The van der Waals surface area contributed by atoms with E-state index in [1.807, 2.05) is 30.3 Å². The van der Waals surface area contributed by atoms with Crippen molar-refractivity contribution in [3.63, 3.8) is 0 Å². The first-order valence-electron chi connectivity index (χ1n) is 8.70. The number of anilines is 4. The first-order valence-corrected chi connectivity index (χ1v) is 8.70. The standard InChI is InChI=1S/C18H24N6O2/c1-14(25)22-15-2-4-16(5-3-15)23-18-12-17(20-13-21-18)19-6-7-24-8-10-26-11-9-24/h2-5,12-13H,6-11H2,1H3,(H,22,25)(H2,19,20,21,23). The Morgan fingerprint density at radius 3 is 2.54 bits per heavy atom. The summed E-state index contributed by atoms with van der Waals surface area (Å²) in [6, 6.07) is 9.33. The molecule has 0 saturated carbocycles. The Morgan fingerprint density at radius 1 is 1.12 bits per heavy atom. The van der Waals surface area contributed by atoms with E-state index in [1.165, 1.54) is 13.3 Å². The molecule has 1 amide bonds. The molecule has 138 valence electrons. The van der Waals surface area contributed by atoms with Crippen molar-refractivity contribution in [2.45, 2.75) is 6.92 Å². The van der Waals surface area contributed by atoms with E-state index in [9.17, 15) is 4.79 Å². The Labute approximate surface area is 153 Å². The molecule has 0 radical (unpaired) electrons. The van der Waals surface area contributed by atoms with Crippen LogP contribution in [0.15, 0.2) is 36.7 Å². The molecule has 0 aliphatic carbocycles. The molecular formula is C18H24N6O2. The molecule has 2 aromatic rings. The van der Waals surface area contributed by atoms with E-state index in [2.05, 4.69) is 30.8 Å². The van der Waals surface area contributed by atoms with Gasteiger partial charge in [-0.05, 0) is 24.3 Å². The number of carbonyl (C=O) groups is 1. The predicted octanol–water partition coefficient (Wildman–Crippen LogP) is 1.92. The molecule has 1 aliphatic heterocycles. The minimum Gasteiger partial charge on any atom is -0.379 e. The molecule has 3 N–H and O–H groups in total. The third-order valence-corrected chi connectivity index (χ3v) is 3.98. The fourth-order valence-electron chi connectivity index (χ4n) is 2.68. The Kier molecular flexibility index (Phi) is 6.34. The smallest absolute Gasteiger partial charge is 0.221 e. The van der Waals surface area contributed by atoms with Crippen LogP contribution in [0.2, 0.25) is 0 Å². The second-order valence-corrected chi connectivity index (χ2v) is 6.05. The van der Waals surface area contributed by atoms with Gasteiger partial charge in [0, 0.05) is 50.5 Å². The van der Waals surface area contributed by atoms with Gasteiger partial charge in [-0.1, -0.05) is 0 Å². The van der Waals surface area contributed by atoms with Crippen molar-refractivity contribution >= 4 is 28.9 Å². The lowest BCUT2D eigenvalue weighted by atomic mass is 10.2. The number of ether oxygens (including phenoxy) is 1. The SMILES string of the molecule is CC(=O)Nc1ccc(Nc2cc(NCCN3CCOCC3)ncn2)cc1. The Balaban J connectivity index is 1.51. The largest absolute Gasteiger partial charge is 0.379 e. The molecule has 1 saturated heterocycles. The predicted molar refractivity (Wildman–Crippen MR) is 102 cm³/mol. The number of rotatable bonds is 7. The lowest BCUT2D eigenvalue weighted by molar-refractivity contribution is -0.114. The highest BCUT2D eigenvalue weighted by atomic mass is 16.5. The van der Waals surface area contributed by atoms with Crippen LogP contribution >= 0.6 is 0 Å². The van der Waals surface area contributed by atoms with E-state index in [0.29, 0.717) is 5.82 Å². The lowest BCUT2D eigenvalue weighted by Gasteiger charge is -2.26. The van der Waals surface area contributed by atoms with Gasteiger partial charge >= 0.3 is 0 Å². The molecule has 1 aromatic carbocycles. The summed E-state index contributed by atoms with van der Waals surface area (Å²) in [5.74, 6) is 1.40. The Bertz CT molecular complexity index is 716. The molecule has 26 heavy (non-hydrogen) atoms.